The third-order valence-electron chi connectivity index (χ3n) is 4.00. The fourth-order valence-corrected chi connectivity index (χ4v) is 2.82. The van der Waals surface area contributed by atoms with Gasteiger partial charge in [0.05, 0.1) is 32.8 Å². The average Bonchev–Trinajstić information content (AvgIpc) is 2.49. The Balaban J connectivity index is 2.02. The molecule has 0 spiro atoms. The van der Waals surface area contributed by atoms with E-state index in [2.05, 4.69) is 30.2 Å². The first-order valence-corrected chi connectivity index (χ1v) is 7.43. The smallest absolute Gasteiger partial charge is 0.410 e. The summed E-state index contributed by atoms with van der Waals surface area (Å²) in [6.07, 6.45) is 5.36. The van der Waals surface area contributed by atoms with Crippen LogP contribution in [0.25, 0.3) is 0 Å². The molecule has 0 bridgehead atoms. The number of nitrogens with zero attached hydrogens (tertiary/aromatic N) is 2. The number of carbonyl (C=O) groups is 1. The van der Waals surface area contributed by atoms with E-state index in [1.807, 2.05) is 13.0 Å². The summed E-state index contributed by atoms with van der Waals surface area (Å²) in [5.41, 5.74) is 1.29. The third kappa shape index (κ3) is 3.99. The quantitative estimate of drug-likeness (QED) is 0.627. The molecule has 2 rings (SSSR count). The zero-order valence-electron chi connectivity index (χ0n) is 12.6. The first-order valence-electron chi connectivity index (χ1n) is 7.43. The second kappa shape index (κ2) is 7.14. The van der Waals surface area contributed by atoms with Crippen LogP contribution < -0.4 is 0 Å². The van der Waals surface area contributed by atoms with Crippen molar-refractivity contribution in [1.29, 1.82) is 0 Å². The number of benzene rings is 1. The van der Waals surface area contributed by atoms with Crippen LogP contribution in [-0.2, 0) is 11.3 Å². The van der Waals surface area contributed by atoms with Gasteiger partial charge >= 0.3 is 6.09 Å². The van der Waals surface area contributed by atoms with Crippen LogP contribution >= 0.6 is 0 Å². The average molecular weight is 287 g/mol. The lowest BCUT2D eigenvalue weighted by Gasteiger charge is -2.43. The van der Waals surface area contributed by atoms with Gasteiger partial charge in [-0.15, -0.1) is 6.42 Å². The van der Waals surface area contributed by atoms with Gasteiger partial charge in [0, 0.05) is 5.56 Å². The number of amides is 1. The molecule has 0 saturated carbocycles. The summed E-state index contributed by atoms with van der Waals surface area (Å²) in [6, 6.07) is 10.4. The molecule has 1 aromatic carbocycles. The predicted octanol–water partition coefficient (Wildman–Crippen LogP) is 2.11. The maximum absolute atomic E-state index is 11.8. The Morgan fingerprint density at radius 3 is 2.57 bits per heavy atom. The number of carbonyl (C=O) groups excluding carboxylic acids is 1. The summed E-state index contributed by atoms with van der Waals surface area (Å²) >= 11 is 0. The molecule has 1 aliphatic rings. The number of ether oxygens (including phenoxy) is 1. The molecule has 0 radical (unpaired) electrons. The molecular formula is C17H23N2O2+. The fraction of sp³-hybridized carbons (Fsp3) is 0.471. The van der Waals surface area contributed by atoms with E-state index in [1.54, 1.807) is 4.90 Å². The topological polar surface area (TPSA) is 29.5 Å². The van der Waals surface area contributed by atoms with Crippen molar-refractivity contribution in [2.75, 3.05) is 39.3 Å². The van der Waals surface area contributed by atoms with E-state index in [4.69, 9.17) is 11.2 Å². The van der Waals surface area contributed by atoms with Crippen molar-refractivity contribution < 1.29 is 14.0 Å². The van der Waals surface area contributed by atoms with E-state index in [1.165, 1.54) is 5.56 Å². The summed E-state index contributed by atoms with van der Waals surface area (Å²) < 4.78 is 5.91. The standard InChI is InChI=1S/C17H23N2O2/c1-3-12-19(15-16-8-6-5-7-9-16)13-10-18(11-14-19)17(20)21-4-2/h1,5-9H,4,10-15H2,2H3/q+1. The first kappa shape index (κ1) is 15.4. The summed E-state index contributed by atoms with van der Waals surface area (Å²) in [5, 5.41) is 0. The van der Waals surface area contributed by atoms with Crippen LogP contribution in [-0.4, -0.2) is 54.8 Å². The van der Waals surface area contributed by atoms with Crippen LogP contribution in [0.5, 0.6) is 0 Å². The molecule has 1 heterocycles. The first-order chi connectivity index (χ1) is 10.2. The third-order valence-corrected chi connectivity index (χ3v) is 4.00. The van der Waals surface area contributed by atoms with Gasteiger partial charge in [-0.25, -0.2) is 4.79 Å². The lowest BCUT2D eigenvalue weighted by Crippen LogP contribution is -2.60. The number of piperazine rings is 1. The maximum Gasteiger partial charge on any atom is 0.410 e. The maximum atomic E-state index is 11.8. The van der Waals surface area contributed by atoms with Crippen molar-refractivity contribution in [3.05, 3.63) is 35.9 Å². The zero-order valence-corrected chi connectivity index (χ0v) is 12.6. The normalized spacial score (nSPS) is 17.0. The molecule has 1 amide bonds. The molecule has 0 N–H and O–H groups in total. The highest BCUT2D eigenvalue weighted by atomic mass is 16.6. The second-order valence-electron chi connectivity index (χ2n) is 5.48. The molecule has 112 valence electrons. The summed E-state index contributed by atoms with van der Waals surface area (Å²) in [5.74, 6) is 2.81. The number of terminal acetylenes is 1. The van der Waals surface area contributed by atoms with Gasteiger partial charge in [-0.3, -0.25) is 4.90 Å². The Morgan fingerprint density at radius 1 is 1.33 bits per heavy atom. The van der Waals surface area contributed by atoms with Gasteiger partial charge in [0.2, 0.25) is 0 Å². The van der Waals surface area contributed by atoms with Crippen LogP contribution in [0.3, 0.4) is 0 Å². The van der Waals surface area contributed by atoms with Gasteiger partial charge in [-0.05, 0) is 12.8 Å². The SMILES string of the molecule is C#CC[N+]1(Cc2ccccc2)CCN(C(=O)OCC)CC1. The minimum atomic E-state index is -0.212. The van der Waals surface area contributed by atoms with Crippen molar-refractivity contribution in [3.8, 4) is 12.3 Å². The summed E-state index contributed by atoms with van der Waals surface area (Å²) in [4.78, 5) is 13.6. The predicted molar refractivity (Wildman–Crippen MR) is 82.4 cm³/mol. The van der Waals surface area contributed by atoms with Crippen molar-refractivity contribution in [2.24, 2.45) is 0 Å². The lowest BCUT2D eigenvalue weighted by molar-refractivity contribution is -0.937. The van der Waals surface area contributed by atoms with E-state index < -0.39 is 0 Å². The monoisotopic (exact) mass is 287 g/mol. The Labute approximate surface area is 126 Å². The molecule has 4 heteroatoms. The molecule has 1 aliphatic heterocycles. The molecule has 1 fully saturated rings. The Morgan fingerprint density at radius 2 is 2.00 bits per heavy atom. The molecule has 0 aliphatic carbocycles. The number of hydrogen-bond acceptors (Lipinski definition) is 2. The van der Waals surface area contributed by atoms with E-state index >= 15 is 0 Å². The van der Waals surface area contributed by atoms with Crippen LogP contribution in [0.1, 0.15) is 12.5 Å². The van der Waals surface area contributed by atoms with Crippen molar-refractivity contribution in [1.82, 2.24) is 4.90 Å². The van der Waals surface area contributed by atoms with Crippen LogP contribution in [0.15, 0.2) is 30.3 Å². The van der Waals surface area contributed by atoms with E-state index in [9.17, 15) is 4.79 Å². The molecule has 1 saturated heterocycles. The van der Waals surface area contributed by atoms with Gasteiger partial charge in [-0.1, -0.05) is 30.3 Å². The molecule has 4 nitrogen and oxygen atoms in total. The molecule has 1 aromatic rings. The highest BCUT2D eigenvalue weighted by molar-refractivity contribution is 5.67. The summed E-state index contributed by atoms with van der Waals surface area (Å²) in [7, 11) is 0. The van der Waals surface area contributed by atoms with Crippen molar-refractivity contribution in [2.45, 2.75) is 13.5 Å². The van der Waals surface area contributed by atoms with Gasteiger partial charge in [0.25, 0.3) is 0 Å². The summed E-state index contributed by atoms with van der Waals surface area (Å²) in [6.45, 7) is 7.02. The number of quaternary nitrogens is 1. The van der Waals surface area contributed by atoms with Crippen LogP contribution in [0, 0.1) is 12.3 Å². The van der Waals surface area contributed by atoms with E-state index in [0.29, 0.717) is 26.2 Å². The van der Waals surface area contributed by atoms with Gasteiger partial charge in [0.1, 0.15) is 13.1 Å². The minimum Gasteiger partial charge on any atom is -0.450 e. The van der Waals surface area contributed by atoms with Crippen LogP contribution in [0.4, 0.5) is 4.79 Å². The highest BCUT2D eigenvalue weighted by Gasteiger charge is 2.34. The number of rotatable bonds is 4. The molecule has 0 aromatic heterocycles. The van der Waals surface area contributed by atoms with E-state index in [-0.39, 0.29) is 6.09 Å². The second-order valence-corrected chi connectivity index (χ2v) is 5.48. The Bertz CT molecular complexity index is 499. The highest BCUT2D eigenvalue weighted by Crippen LogP contribution is 2.18. The number of hydrogen-bond donors (Lipinski definition) is 0. The molecule has 0 atom stereocenters. The minimum absolute atomic E-state index is 0.212. The Kier molecular flexibility index (Phi) is 5.24. The Hall–Kier alpha value is -1.99. The van der Waals surface area contributed by atoms with Crippen molar-refractivity contribution >= 4 is 6.09 Å². The fourth-order valence-electron chi connectivity index (χ4n) is 2.82. The van der Waals surface area contributed by atoms with Crippen LogP contribution in [0.2, 0.25) is 0 Å². The van der Waals surface area contributed by atoms with Gasteiger partial charge < -0.3 is 9.22 Å². The van der Waals surface area contributed by atoms with Crippen molar-refractivity contribution in [3.63, 3.8) is 0 Å². The zero-order chi connectivity index (χ0) is 15.1. The molecular weight excluding hydrogens is 264 g/mol. The molecule has 21 heavy (non-hydrogen) atoms. The largest absolute Gasteiger partial charge is 0.450 e. The van der Waals surface area contributed by atoms with Gasteiger partial charge in [-0.2, -0.15) is 0 Å². The van der Waals surface area contributed by atoms with E-state index in [0.717, 1.165) is 24.1 Å². The van der Waals surface area contributed by atoms with Gasteiger partial charge in [0.15, 0.2) is 0 Å². The molecule has 0 unspecified atom stereocenters. The lowest BCUT2D eigenvalue weighted by atomic mass is 10.1.